The average molecular weight is 307 g/mol. The summed E-state index contributed by atoms with van der Waals surface area (Å²) in [5.41, 5.74) is 2.21. The number of hydrogen-bond acceptors (Lipinski definition) is 2. The molecule has 0 saturated heterocycles. The Hall–Kier alpha value is -1.84. The molecule has 1 N–H and O–H groups in total. The summed E-state index contributed by atoms with van der Waals surface area (Å²) in [6, 6.07) is 10.6. The Morgan fingerprint density at radius 3 is 2.50 bits per heavy atom. The van der Waals surface area contributed by atoms with Gasteiger partial charge in [0.15, 0.2) is 0 Å². The van der Waals surface area contributed by atoms with Crippen LogP contribution in [0.1, 0.15) is 11.3 Å². The van der Waals surface area contributed by atoms with E-state index < -0.39 is 0 Å². The van der Waals surface area contributed by atoms with E-state index in [9.17, 15) is 4.79 Å². The maximum atomic E-state index is 11.8. The zero-order valence-electron chi connectivity index (χ0n) is 10.7. The summed E-state index contributed by atoms with van der Waals surface area (Å²) in [6.45, 7) is 1.78. The van der Waals surface area contributed by atoms with Crippen molar-refractivity contribution >= 4 is 40.9 Å². The Kier molecular flexibility index (Phi) is 4.77. The summed E-state index contributed by atoms with van der Waals surface area (Å²) in [7, 11) is 0. The van der Waals surface area contributed by atoms with Gasteiger partial charge in [0.25, 0.3) is 0 Å². The Balaban J connectivity index is 2.03. The fourth-order valence-electron chi connectivity index (χ4n) is 1.58. The normalized spacial score (nSPS) is 10.8. The third-order valence-corrected chi connectivity index (χ3v) is 3.07. The lowest BCUT2D eigenvalue weighted by Gasteiger charge is -2.05. The van der Waals surface area contributed by atoms with E-state index >= 15 is 0 Å². The van der Waals surface area contributed by atoms with Crippen LogP contribution in [-0.2, 0) is 4.79 Å². The lowest BCUT2D eigenvalue weighted by atomic mass is 10.2. The molecule has 0 saturated carbocycles. The van der Waals surface area contributed by atoms with Gasteiger partial charge in [0, 0.05) is 11.1 Å². The molecule has 2 rings (SSSR count). The standard InChI is InChI=1S/C15H12Cl2N2O/c1-10-13(7-8-14(17)18-10)19-15(20)9-4-11-2-5-12(16)6-3-11/h2-9H,1H3,(H,19,20)/b9-4+. The smallest absolute Gasteiger partial charge is 0.248 e. The first-order valence-corrected chi connectivity index (χ1v) is 6.68. The van der Waals surface area contributed by atoms with Crippen LogP contribution in [0, 0.1) is 6.92 Å². The number of hydrogen-bond donors (Lipinski definition) is 1. The van der Waals surface area contributed by atoms with Crippen molar-refractivity contribution in [3.05, 3.63) is 63.9 Å². The largest absolute Gasteiger partial charge is 0.321 e. The number of aromatic nitrogens is 1. The van der Waals surface area contributed by atoms with Crippen LogP contribution in [0.25, 0.3) is 6.08 Å². The van der Waals surface area contributed by atoms with Gasteiger partial charge in [-0.3, -0.25) is 4.79 Å². The van der Waals surface area contributed by atoms with Gasteiger partial charge in [0.1, 0.15) is 5.15 Å². The first kappa shape index (κ1) is 14.6. The number of rotatable bonds is 3. The molecule has 2 aromatic rings. The highest BCUT2D eigenvalue weighted by Gasteiger charge is 2.03. The quantitative estimate of drug-likeness (QED) is 0.676. The molecule has 0 spiro atoms. The summed E-state index contributed by atoms with van der Waals surface area (Å²) in [5.74, 6) is -0.229. The van der Waals surface area contributed by atoms with Crippen molar-refractivity contribution < 1.29 is 4.79 Å². The molecule has 0 aliphatic heterocycles. The maximum absolute atomic E-state index is 11.8. The van der Waals surface area contributed by atoms with E-state index in [4.69, 9.17) is 23.2 Å². The zero-order valence-corrected chi connectivity index (χ0v) is 12.2. The van der Waals surface area contributed by atoms with Gasteiger partial charge in [-0.2, -0.15) is 0 Å². The summed E-state index contributed by atoms with van der Waals surface area (Å²) < 4.78 is 0. The highest BCUT2D eigenvalue weighted by molar-refractivity contribution is 6.30. The van der Waals surface area contributed by atoms with Crippen LogP contribution in [0.4, 0.5) is 5.69 Å². The predicted octanol–water partition coefficient (Wildman–Crippen LogP) is 4.35. The first-order chi connectivity index (χ1) is 9.54. The first-order valence-electron chi connectivity index (χ1n) is 5.92. The van der Waals surface area contributed by atoms with Crippen LogP contribution in [0.5, 0.6) is 0 Å². The Bertz CT molecular complexity index is 651. The second kappa shape index (κ2) is 6.55. The van der Waals surface area contributed by atoms with Gasteiger partial charge in [-0.1, -0.05) is 35.3 Å². The molecule has 0 atom stereocenters. The van der Waals surface area contributed by atoms with E-state index in [2.05, 4.69) is 10.3 Å². The Morgan fingerprint density at radius 2 is 1.85 bits per heavy atom. The number of anilines is 1. The van der Waals surface area contributed by atoms with Crippen LogP contribution >= 0.6 is 23.2 Å². The number of aryl methyl sites for hydroxylation is 1. The van der Waals surface area contributed by atoms with Gasteiger partial charge in [-0.15, -0.1) is 0 Å². The zero-order chi connectivity index (χ0) is 14.5. The number of benzene rings is 1. The molecule has 3 nitrogen and oxygen atoms in total. The Labute approximate surface area is 127 Å². The molecule has 0 bridgehead atoms. The fraction of sp³-hybridized carbons (Fsp3) is 0.0667. The van der Waals surface area contributed by atoms with Crippen molar-refractivity contribution in [2.45, 2.75) is 6.92 Å². The van der Waals surface area contributed by atoms with Crippen LogP contribution in [-0.4, -0.2) is 10.9 Å². The van der Waals surface area contributed by atoms with Crippen LogP contribution < -0.4 is 5.32 Å². The molecule has 102 valence electrons. The number of carbonyl (C=O) groups is 1. The molecule has 20 heavy (non-hydrogen) atoms. The van der Waals surface area contributed by atoms with Crippen LogP contribution in [0.15, 0.2) is 42.5 Å². The van der Waals surface area contributed by atoms with Gasteiger partial charge >= 0.3 is 0 Å². The topological polar surface area (TPSA) is 42.0 Å². The molecular formula is C15H12Cl2N2O. The van der Waals surface area contributed by atoms with Gasteiger partial charge in [-0.25, -0.2) is 4.98 Å². The predicted molar refractivity (Wildman–Crippen MR) is 83.1 cm³/mol. The molecule has 1 aromatic carbocycles. The molecule has 0 fully saturated rings. The number of carbonyl (C=O) groups excluding carboxylic acids is 1. The minimum Gasteiger partial charge on any atom is -0.321 e. The number of pyridine rings is 1. The summed E-state index contributed by atoms with van der Waals surface area (Å²) in [4.78, 5) is 15.9. The van der Waals surface area contributed by atoms with E-state index in [0.29, 0.717) is 21.6 Å². The average Bonchev–Trinajstić information content (AvgIpc) is 2.41. The van der Waals surface area contributed by atoms with E-state index in [0.717, 1.165) is 5.56 Å². The van der Waals surface area contributed by atoms with Crippen molar-refractivity contribution in [2.75, 3.05) is 5.32 Å². The lowest BCUT2D eigenvalue weighted by molar-refractivity contribution is -0.111. The van der Waals surface area contributed by atoms with E-state index in [1.54, 1.807) is 37.3 Å². The molecule has 0 aliphatic carbocycles. The molecule has 1 heterocycles. The Morgan fingerprint density at radius 1 is 1.15 bits per heavy atom. The van der Waals surface area contributed by atoms with Crippen molar-refractivity contribution in [2.24, 2.45) is 0 Å². The SMILES string of the molecule is Cc1nc(Cl)ccc1NC(=O)/C=C/c1ccc(Cl)cc1. The molecule has 0 unspecified atom stereocenters. The fourth-order valence-corrected chi connectivity index (χ4v) is 1.90. The van der Waals surface area contributed by atoms with E-state index in [-0.39, 0.29) is 5.91 Å². The van der Waals surface area contributed by atoms with E-state index in [1.807, 2.05) is 12.1 Å². The molecule has 0 aliphatic rings. The van der Waals surface area contributed by atoms with Gasteiger partial charge in [0.2, 0.25) is 5.91 Å². The van der Waals surface area contributed by atoms with E-state index in [1.165, 1.54) is 6.08 Å². The highest BCUT2D eigenvalue weighted by Crippen LogP contribution is 2.16. The monoisotopic (exact) mass is 306 g/mol. The highest BCUT2D eigenvalue weighted by atomic mass is 35.5. The van der Waals surface area contributed by atoms with Crippen molar-refractivity contribution in [3.8, 4) is 0 Å². The maximum Gasteiger partial charge on any atom is 0.248 e. The second-order valence-electron chi connectivity index (χ2n) is 4.14. The van der Waals surface area contributed by atoms with Crippen molar-refractivity contribution in [3.63, 3.8) is 0 Å². The van der Waals surface area contributed by atoms with Gasteiger partial charge in [-0.05, 0) is 42.8 Å². The number of halogens is 2. The summed E-state index contributed by atoms with van der Waals surface area (Å²) in [5, 5.41) is 3.81. The number of nitrogens with zero attached hydrogens (tertiary/aromatic N) is 1. The molecule has 5 heteroatoms. The lowest BCUT2D eigenvalue weighted by Crippen LogP contribution is -2.09. The number of nitrogens with one attached hydrogen (secondary N) is 1. The van der Waals surface area contributed by atoms with Gasteiger partial charge < -0.3 is 5.32 Å². The third-order valence-electron chi connectivity index (χ3n) is 2.61. The van der Waals surface area contributed by atoms with Crippen LogP contribution in [0.2, 0.25) is 10.2 Å². The number of amides is 1. The second-order valence-corrected chi connectivity index (χ2v) is 4.96. The van der Waals surface area contributed by atoms with Gasteiger partial charge in [0.05, 0.1) is 11.4 Å². The van der Waals surface area contributed by atoms with Crippen LogP contribution in [0.3, 0.4) is 0 Å². The van der Waals surface area contributed by atoms with Crippen molar-refractivity contribution in [1.29, 1.82) is 0 Å². The molecule has 1 aromatic heterocycles. The molecule has 1 amide bonds. The summed E-state index contributed by atoms with van der Waals surface area (Å²) in [6.07, 6.45) is 3.17. The van der Waals surface area contributed by atoms with Crippen molar-refractivity contribution in [1.82, 2.24) is 4.98 Å². The minimum absolute atomic E-state index is 0.229. The third kappa shape index (κ3) is 4.08. The molecule has 0 radical (unpaired) electrons. The molecular weight excluding hydrogens is 295 g/mol. The minimum atomic E-state index is -0.229. The summed E-state index contributed by atoms with van der Waals surface area (Å²) >= 11 is 11.5.